The third-order valence-electron chi connectivity index (χ3n) is 11.7. The summed E-state index contributed by atoms with van der Waals surface area (Å²) in [6.07, 6.45) is -11.3. The smallest absolute Gasteiger partial charge is 0.340 e. The normalized spacial score (nSPS) is 20.2. The highest BCUT2D eigenvalue weighted by molar-refractivity contribution is 6.17. The molecule has 0 saturated heterocycles. The van der Waals surface area contributed by atoms with E-state index in [1.807, 2.05) is 0 Å². The van der Waals surface area contributed by atoms with Gasteiger partial charge in [-0.1, -0.05) is 0 Å². The Labute approximate surface area is 377 Å². The van der Waals surface area contributed by atoms with Gasteiger partial charge in [-0.25, -0.2) is 24.0 Å². The Bertz CT molecular complexity index is 3300. The Morgan fingerprint density at radius 2 is 0.739 bits per heavy atom. The second-order valence-corrected chi connectivity index (χ2v) is 15.4. The number of carboxylic acids is 1. The largest absolute Gasteiger partial charge is 0.504 e. The van der Waals surface area contributed by atoms with Crippen LogP contribution in [0, 0.1) is 0 Å². The minimum atomic E-state index is -2.93. The Hall–Kier alpha value is -10.1. The second kappa shape index (κ2) is 14.7. The lowest BCUT2D eigenvalue weighted by molar-refractivity contribution is -0.156. The predicted molar refractivity (Wildman–Crippen MR) is 212 cm³/mol. The Kier molecular flexibility index (Phi) is 9.41. The molecule has 5 aromatic carbocycles. The lowest BCUT2D eigenvalue weighted by Crippen LogP contribution is -2.57. The molecule has 0 radical (unpaired) electrons. The first-order valence-corrected chi connectivity index (χ1v) is 19.1. The number of hydrogen-bond donors (Lipinski definition) is 16. The van der Waals surface area contributed by atoms with Gasteiger partial charge in [0.2, 0.25) is 28.7 Å². The van der Waals surface area contributed by atoms with Crippen LogP contribution in [0.25, 0.3) is 33.4 Å². The van der Waals surface area contributed by atoms with Crippen molar-refractivity contribution in [3.8, 4) is 120 Å². The average molecular weight is 963 g/mol. The molecule has 6 bridgehead atoms. The van der Waals surface area contributed by atoms with Gasteiger partial charge in [0.25, 0.3) is 0 Å². The number of carbonyl (C=O) groups is 6. The average Bonchev–Trinajstić information content (AvgIpc) is 3.32. The minimum Gasteiger partial charge on any atom is -0.504 e. The molecule has 0 fully saturated rings. The fourth-order valence-electron chi connectivity index (χ4n) is 8.68. The van der Waals surface area contributed by atoms with Crippen LogP contribution in [-0.4, -0.2) is 149 Å². The Morgan fingerprint density at radius 1 is 0.377 bits per heavy atom. The highest BCUT2D eigenvalue weighted by Gasteiger charge is 2.57. The van der Waals surface area contributed by atoms with E-state index in [-0.39, 0.29) is 0 Å². The summed E-state index contributed by atoms with van der Waals surface area (Å²) in [6, 6.07) is 0.980. The molecule has 5 atom stereocenters. The van der Waals surface area contributed by atoms with Gasteiger partial charge in [0.1, 0.15) is 12.5 Å². The summed E-state index contributed by atoms with van der Waals surface area (Å²) >= 11 is 0. The van der Waals surface area contributed by atoms with E-state index in [4.69, 9.17) is 23.7 Å². The molecule has 5 heterocycles. The number of carboxylic acid groups (broad SMARTS) is 1. The molecule has 5 aromatic rings. The van der Waals surface area contributed by atoms with E-state index in [1.54, 1.807) is 0 Å². The van der Waals surface area contributed by atoms with Gasteiger partial charge in [-0.3, -0.25) is 4.79 Å². The zero-order chi connectivity index (χ0) is 50.3. The second-order valence-electron chi connectivity index (χ2n) is 15.4. The number of esters is 5. The molecule has 10 rings (SSSR count). The van der Waals surface area contributed by atoms with Crippen LogP contribution in [0.5, 0.6) is 86.2 Å². The van der Waals surface area contributed by atoms with Crippen molar-refractivity contribution in [2.45, 2.75) is 30.3 Å². The number of rotatable bonds is 1. The fraction of sp³-hybridized carbons (Fsp3) is 0.143. The van der Waals surface area contributed by atoms with E-state index < -0.39 is 226 Å². The van der Waals surface area contributed by atoms with Crippen molar-refractivity contribution in [1.29, 1.82) is 0 Å². The van der Waals surface area contributed by atoms with Crippen LogP contribution in [-0.2, 0) is 28.5 Å². The molecule has 16 N–H and O–H groups in total. The first kappa shape index (κ1) is 44.1. The molecule has 1 unspecified atom stereocenters. The van der Waals surface area contributed by atoms with Crippen molar-refractivity contribution in [3.05, 3.63) is 51.6 Å². The molecule has 5 aliphatic heterocycles. The number of aliphatic carboxylic acids is 1. The number of aromatic hydroxyl groups is 15. The van der Waals surface area contributed by atoms with Crippen molar-refractivity contribution < 1.29 is 134 Å². The molecule has 0 aromatic heterocycles. The summed E-state index contributed by atoms with van der Waals surface area (Å²) in [5, 5.41) is 176. The summed E-state index contributed by atoms with van der Waals surface area (Å²) < 4.78 is 27.8. The summed E-state index contributed by atoms with van der Waals surface area (Å²) in [4.78, 5) is 86.2. The van der Waals surface area contributed by atoms with Crippen LogP contribution in [0.4, 0.5) is 0 Å². The maximum Gasteiger partial charge on any atom is 0.340 e. The number of fused-ring (bicyclic) bond motifs is 7. The number of benzene rings is 5. The van der Waals surface area contributed by atoms with Crippen LogP contribution >= 0.6 is 0 Å². The zero-order valence-electron chi connectivity index (χ0n) is 33.5. The van der Waals surface area contributed by atoms with E-state index in [1.165, 1.54) is 0 Å². The highest BCUT2D eigenvalue weighted by Crippen LogP contribution is 2.62. The summed E-state index contributed by atoms with van der Waals surface area (Å²) in [5.41, 5.74) is -15.7. The molecule has 0 saturated carbocycles. The van der Waals surface area contributed by atoms with E-state index in [0.717, 1.165) is 0 Å². The van der Waals surface area contributed by atoms with Gasteiger partial charge < -0.3 is 105 Å². The maximum absolute atomic E-state index is 15.1. The molecule has 69 heavy (non-hydrogen) atoms. The first-order chi connectivity index (χ1) is 32.4. The van der Waals surface area contributed by atoms with Gasteiger partial charge in [0, 0.05) is 38.9 Å². The summed E-state index contributed by atoms with van der Waals surface area (Å²) in [5.74, 6) is -38.1. The third kappa shape index (κ3) is 5.92. The lowest BCUT2D eigenvalue weighted by atomic mass is 9.77. The Balaban J connectivity index is 1.46. The van der Waals surface area contributed by atoms with Crippen LogP contribution < -0.4 is 0 Å². The van der Waals surface area contributed by atoms with Gasteiger partial charge in [0.05, 0.1) is 27.8 Å². The highest BCUT2D eigenvalue weighted by atomic mass is 16.6. The number of carbonyl (C=O) groups excluding carboxylic acids is 5. The van der Waals surface area contributed by atoms with Gasteiger partial charge in [-0.15, -0.1) is 0 Å². The van der Waals surface area contributed by atoms with E-state index in [9.17, 15) is 106 Å². The summed E-state index contributed by atoms with van der Waals surface area (Å²) in [7, 11) is 0. The van der Waals surface area contributed by atoms with Crippen molar-refractivity contribution >= 4 is 35.8 Å². The number of phenols is 15. The summed E-state index contributed by atoms with van der Waals surface area (Å²) in [6.45, 7) is -1.58. The third-order valence-corrected chi connectivity index (χ3v) is 11.7. The van der Waals surface area contributed by atoms with Crippen LogP contribution in [0.1, 0.15) is 63.3 Å². The molecule has 0 amide bonds. The van der Waals surface area contributed by atoms with E-state index in [0.29, 0.717) is 18.2 Å². The van der Waals surface area contributed by atoms with Crippen LogP contribution in [0.2, 0.25) is 0 Å². The molecule has 0 spiro atoms. The quantitative estimate of drug-likeness (QED) is 0.0642. The minimum absolute atomic E-state index is 0.292. The van der Waals surface area contributed by atoms with Crippen LogP contribution in [0.3, 0.4) is 0 Å². The van der Waals surface area contributed by atoms with Gasteiger partial charge in [-0.05, 0) is 18.2 Å². The molecule has 5 aliphatic rings. The topological polar surface area (TPSA) is 472 Å². The van der Waals surface area contributed by atoms with Gasteiger partial charge in [0.15, 0.2) is 81.9 Å². The molecule has 356 valence electrons. The predicted octanol–water partition coefficient (Wildman–Crippen LogP) is 1.45. The molecule has 27 nitrogen and oxygen atoms in total. The maximum atomic E-state index is 15.1. The van der Waals surface area contributed by atoms with Crippen molar-refractivity contribution in [2.75, 3.05) is 6.61 Å². The standard InChI is InChI=1S/C42H26O27/c43-8-1-5-12(25(49)22(8)46)13-6(2-9(44)23(47)26(13)50)40(62)67-34-11(4-65-38(5)60)66-39(61)7-3-10(45)24(48)27(51)14(7)15-19-16(29(53)32(56)28(15)52)17-20-18(31(55)33(57)30(17)54)21(37(58)59)35(68-41(20)63)36(34)69-42(19)64/h1-3,11,21,34-36,43-57H,4H2,(H,58,59)/t11-,21-,34+,35+,36?/m0/s1. The van der Waals surface area contributed by atoms with Gasteiger partial charge in [-0.2, -0.15) is 0 Å². The van der Waals surface area contributed by atoms with Crippen molar-refractivity contribution in [2.24, 2.45) is 0 Å². The molecular formula is C42H26O27. The fourth-order valence-corrected chi connectivity index (χ4v) is 8.68. The Morgan fingerprint density at radius 3 is 1.23 bits per heavy atom. The van der Waals surface area contributed by atoms with E-state index >= 15 is 4.79 Å². The molecule has 0 aliphatic carbocycles. The SMILES string of the molecule is O=C1OC[C@@H]2OC(=O)c3cc(O)c(O)c(O)c3-c3c(O)c(O)c(O)c4c3C(=O)OC([C@@H]2OC(=O)c2cc(O)c(O)c(O)c2-c2c1cc(O)c(O)c2O)[C@@H]1OC(=O)c2c-4c(O)c(O)c(O)c2[C@@H]1C(=O)O. The lowest BCUT2D eigenvalue weighted by Gasteiger charge is -2.41. The number of cyclic esters (lactones) is 1. The molecular weight excluding hydrogens is 936 g/mol. The number of hydrogen-bond acceptors (Lipinski definition) is 26. The first-order valence-electron chi connectivity index (χ1n) is 19.1. The van der Waals surface area contributed by atoms with Crippen LogP contribution in [0.15, 0.2) is 18.2 Å². The van der Waals surface area contributed by atoms with Crippen molar-refractivity contribution in [1.82, 2.24) is 0 Å². The number of phenolic OH excluding ortho intramolecular Hbond substituents is 15. The number of ether oxygens (including phenoxy) is 5. The van der Waals surface area contributed by atoms with Gasteiger partial charge >= 0.3 is 35.8 Å². The van der Waals surface area contributed by atoms with Crippen molar-refractivity contribution in [3.63, 3.8) is 0 Å². The van der Waals surface area contributed by atoms with E-state index in [2.05, 4.69) is 0 Å². The monoisotopic (exact) mass is 962 g/mol. The molecule has 27 heteroatoms. The zero-order valence-corrected chi connectivity index (χ0v) is 33.5.